The van der Waals surface area contributed by atoms with E-state index in [0.717, 1.165) is 0 Å². The fourth-order valence-electron chi connectivity index (χ4n) is 1.20. The van der Waals surface area contributed by atoms with Crippen molar-refractivity contribution in [2.45, 2.75) is 26.4 Å². The molecule has 0 radical (unpaired) electrons. The van der Waals surface area contributed by atoms with Crippen LogP contribution in [0, 0.1) is 0 Å². The molecule has 0 fully saturated rings. The molecule has 0 aliphatic rings. The summed E-state index contributed by atoms with van der Waals surface area (Å²) in [6, 6.07) is 4.73. The van der Waals surface area contributed by atoms with Gasteiger partial charge in [0, 0.05) is 5.69 Å². The molecule has 0 saturated carbocycles. The third kappa shape index (κ3) is 4.63. The maximum Gasteiger partial charge on any atom is 0.412 e. The van der Waals surface area contributed by atoms with Gasteiger partial charge in [-0.2, -0.15) is 0 Å². The van der Waals surface area contributed by atoms with Gasteiger partial charge in [0.15, 0.2) is 0 Å². The summed E-state index contributed by atoms with van der Waals surface area (Å²) in [5, 5.41) is 5.37. The number of anilines is 2. The van der Waals surface area contributed by atoms with Crippen molar-refractivity contribution in [3.63, 3.8) is 0 Å². The number of benzene rings is 1. The predicted molar refractivity (Wildman–Crippen MR) is 71.0 cm³/mol. The zero-order valence-corrected chi connectivity index (χ0v) is 11.2. The van der Waals surface area contributed by atoms with Gasteiger partial charge < -0.3 is 10.1 Å². The Balaban J connectivity index is 2.76. The number of carbonyl (C=O) groups excluding carboxylic acids is 2. The second kappa shape index (κ2) is 5.73. The number of carbonyl (C=O) groups is 2. The summed E-state index contributed by atoms with van der Waals surface area (Å²) in [6.07, 6.45) is -0.0553. The fourth-order valence-corrected chi connectivity index (χ4v) is 1.37. The third-order valence-electron chi connectivity index (χ3n) is 1.83. The average molecular weight is 271 g/mol. The first kappa shape index (κ1) is 14.3. The van der Waals surface area contributed by atoms with E-state index < -0.39 is 11.7 Å². The number of hydrogen-bond acceptors (Lipinski definition) is 3. The van der Waals surface area contributed by atoms with Crippen LogP contribution in [0.2, 0.25) is 5.02 Å². The van der Waals surface area contributed by atoms with Crippen molar-refractivity contribution < 1.29 is 14.3 Å². The Morgan fingerprint density at radius 3 is 2.61 bits per heavy atom. The van der Waals surface area contributed by atoms with E-state index in [1.165, 1.54) is 0 Å². The topological polar surface area (TPSA) is 67.4 Å². The van der Waals surface area contributed by atoms with Crippen LogP contribution in [0.5, 0.6) is 0 Å². The molecule has 0 aromatic heterocycles. The molecule has 0 spiro atoms. The van der Waals surface area contributed by atoms with Crippen molar-refractivity contribution in [2.24, 2.45) is 0 Å². The normalized spacial score (nSPS) is 10.7. The summed E-state index contributed by atoms with van der Waals surface area (Å²) in [6.45, 7) is 5.31. The number of amides is 2. The van der Waals surface area contributed by atoms with Crippen molar-refractivity contribution >= 4 is 35.5 Å². The van der Waals surface area contributed by atoms with E-state index in [1.54, 1.807) is 39.0 Å². The minimum Gasteiger partial charge on any atom is -0.444 e. The molecule has 0 bridgehead atoms. The minimum absolute atomic E-state index is 0.386. The van der Waals surface area contributed by atoms with Crippen LogP contribution in [0.25, 0.3) is 0 Å². The smallest absolute Gasteiger partial charge is 0.412 e. The number of halogens is 1. The Bertz CT molecular complexity index is 455. The quantitative estimate of drug-likeness (QED) is 0.829. The molecule has 6 heteroatoms. The molecule has 0 aliphatic heterocycles. The lowest BCUT2D eigenvalue weighted by Crippen LogP contribution is -2.27. The zero-order chi connectivity index (χ0) is 13.8. The monoisotopic (exact) mass is 270 g/mol. The highest BCUT2D eigenvalue weighted by atomic mass is 35.5. The second-order valence-electron chi connectivity index (χ2n) is 4.58. The number of ether oxygens (including phenoxy) is 1. The lowest BCUT2D eigenvalue weighted by atomic mass is 10.2. The van der Waals surface area contributed by atoms with Gasteiger partial charge in [-0.25, -0.2) is 4.79 Å². The molecule has 2 amide bonds. The van der Waals surface area contributed by atoms with Crippen LogP contribution in [0.4, 0.5) is 16.2 Å². The Kier molecular flexibility index (Phi) is 4.55. The van der Waals surface area contributed by atoms with Gasteiger partial charge in [0.25, 0.3) is 0 Å². The van der Waals surface area contributed by atoms with Crippen LogP contribution in [0.15, 0.2) is 18.2 Å². The predicted octanol–water partition coefficient (Wildman–Crippen LogP) is 3.26. The number of hydrogen-bond donors (Lipinski definition) is 2. The minimum atomic E-state index is -0.569. The lowest BCUT2D eigenvalue weighted by Gasteiger charge is -2.19. The highest BCUT2D eigenvalue weighted by Gasteiger charge is 2.16. The molecule has 18 heavy (non-hydrogen) atoms. The van der Waals surface area contributed by atoms with E-state index in [9.17, 15) is 9.59 Å². The summed E-state index contributed by atoms with van der Waals surface area (Å²) in [4.78, 5) is 21.9. The van der Waals surface area contributed by atoms with Crippen molar-refractivity contribution in [3.8, 4) is 0 Å². The van der Waals surface area contributed by atoms with Crippen LogP contribution in [-0.4, -0.2) is 18.1 Å². The summed E-state index contributed by atoms with van der Waals surface area (Å²) in [5.74, 6) is 0. The summed E-state index contributed by atoms with van der Waals surface area (Å²) >= 11 is 5.85. The molecule has 0 unspecified atom stereocenters. The van der Waals surface area contributed by atoms with E-state index in [1.807, 2.05) is 0 Å². The van der Waals surface area contributed by atoms with Crippen molar-refractivity contribution in [1.82, 2.24) is 0 Å². The summed E-state index contributed by atoms with van der Waals surface area (Å²) in [7, 11) is 0. The SMILES string of the molecule is CC(C)(C)OC(=O)Nc1ccc(Cl)c(NC=O)c1. The van der Waals surface area contributed by atoms with Gasteiger partial charge in [0.2, 0.25) is 6.41 Å². The van der Waals surface area contributed by atoms with Gasteiger partial charge in [-0.15, -0.1) is 0 Å². The van der Waals surface area contributed by atoms with Crippen molar-refractivity contribution in [1.29, 1.82) is 0 Å². The second-order valence-corrected chi connectivity index (χ2v) is 4.99. The Morgan fingerprint density at radius 1 is 1.39 bits per heavy atom. The van der Waals surface area contributed by atoms with E-state index in [2.05, 4.69) is 10.6 Å². The van der Waals surface area contributed by atoms with E-state index in [0.29, 0.717) is 22.8 Å². The molecule has 98 valence electrons. The van der Waals surface area contributed by atoms with E-state index in [-0.39, 0.29) is 0 Å². The average Bonchev–Trinajstić information content (AvgIpc) is 2.20. The first-order valence-electron chi connectivity index (χ1n) is 5.31. The van der Waals surface area contributed by atoms with Gasteiger partial charge in [-0.05, 0) is 39.0 Å². The Labute approximate surface area is 110 Å². The lowest BCUT2D eigenvalue weighted by molar-refractivity contribution is -0.105. The molecule has 1 aromatic carbocycles. The van der Waals surface area contributed by atoms with Gasteiger partial charge >= 0.3 is 6.09 Å². The largest absolute Gasteiger partial charge is 0.444 e. The molecule has 5 nitrogen and oxygen atoms in total. The summed E-state index contributed by atoms with van der Waals surface area (Å²) in [5.41, 5.74) is 0.332. The fraction of sp³-hybridized carbons (Fsp3) is 0.333. The molecule has 0 saturated heterocycles. The van der Waals surface area contributed by atoms with E-state index in [4.69, 9.17) is 16.3 Å². The van der Waals surface area contributed by atoms with Gasteiger partial charge in [0.1, 0.15) is 5.60 Å². The van der Waals surface area contributed by atoms with Crippen LogP contribution in [-0.2, 0) is 9.53 Å². The van der Waals surface area contributed by atoms with Crippen LogP contribution < -0.4 is 10.6 Å². The number of nitrogens with one attached hydrogen (secondary N) is 2. The molecule has 0 aliphatic carbocycles. The zero-order valence-electron chi connectivity index (χ0n) is 10.4. The molecular weight excluding hydrogens is 256 g/mol. The molecular formula is C12H15ClN2O3. The maximum absolute atomic E-state index is 11.5. The first-order chi connectivity index (χ1) is 8.31. The highest BCUT2D eigenvalue weighted by Crippen LogP contribution is 2.25. The van der Waals surface area contributed by atoms with Crippen LogP contribution in [0.3, 0.4) is 0 Å². The van der Waals surface area contributed by atoms with Crippen molar-refractivity contribution in [3.05, 3.63) is 23.2 Å². The molecule has 2 N–H and O–H groups in total. The standard InChI is InChI=1S/C12H15ClN2O3/c1-12(2,3)18-11(17)15-8-4-5-9(13)10(6-8)14-7-16/h4-7H,1-3H3,(H,14,16)(H,15,17). The van der Waals surface area contributed by atoms with Gasteiger partial charge in [-0.3, -0.25) is 10.1 Å². The van der Waals surface area contributed by atoms with Gasteiger partial charge in [0.05, 0.1) is 10.7 Å². The first-order valence-corrected chi connectivity index (χ1v) is 5.69. The molecule has 0 atom stereocenters. The molecule has 0 heterocycles. The molecule has 1 rings (SSSR count). The summed E-state index contributed by atoms with van der Waals surface area (Å²) < 4.78 is 5.10. The van der Waals surface area contributed by atoms with E-state index >= 15 is 0 Å². The third-order valence-corrected chi connectivity index (χ3v) is 2.16. The van der Waals surface area contributed by atoms with Gasteiger partial charge in [-0.1, -0.05) is 11.6 Å². The van der Waals surface area contributed by atoms with Crippen LogP contribution >= 0.6 is 11.6 Å². The maximum atomic E-state index is 11.5. The Hall–Kier alpha value is -1.75. The number of rotatable bonds is 3. The van der Waals surface area contributed by atoms with Crippen molar-refractivity contribution in [2.75, 3.05) is 10.6 Å². The van der Waals surface area contributed by atoms with Crippen LogP contribution in [0.1, 0.15) is 20.8 Å². The Morgan fingerprint density at radius 2 is 2.06 bits per heavy atom. The highest BCUT2D eigenvalue weighted by molar-refractivity contribution is 6.33. The molecule has 1 aromatic rings.